The van der Waals surface area contributed by atoms with E-state index in [-0.39, 0.29) is 0 Å². The van der Waals surface area contributed by atoms with Gasteiger partial charge in [0, 0.05) is 6.04 Å². The van der Waals surface area contributed by atoms with E-state index in [1.807, 2.05) is 0 Å². The minimum atomic E-state index is 0.504. The minimum absolute atomic E-state index is 0.504. The van der Waals surface area contributed by atoms with Crippen LogP contribution in [0.2, 0.25) is 0 Å². The summed E-state index contributed by atoms with van der Waals surface area (Å²) in [6.07, 6.45) is 6.49. The molecule has 0 spiro atoms. The Kier molecular flexibility index (Phi) is 5.55. The molecule has 0 saturated heterocycles. The zero-order chi connectivity index (χ0) is 15.3. The second-order valence-electron chi connectivity index (χ2n) is 7.64. The number of ether oxygens (including phenoxy) is 1. The normalized spacial score (nSPS) is 21.9. The molecular weight excluding hydrogens is 258 g/mol. The van der Waals surface area contributed by atoms with Crippen LogP contribution in [0.3, 0.4) is 0 Å². The Labute approximate surface area is 130 Å². The van der Waals surface area contributed by atoms with E-state index in [0.29, 0.717) is 17.4 Å². The fraction of sp³-hybridized carbons (Fsp3) is 0.684. The van der Waals surface area contributed by atoms with Crippen LogP contribution in [0.1, 0.15) is 59.8 Å². The Morgan fingerprint density at radius 1 is 1.19 bits per heavy atom. The Morgan fingerprint density at radius 3 is 2.71 bits per heavy atom. The fourth-order valence-electron chi connectivity index (χ4n) is 2.99. The van der Waals surface area contributed by atoms with E-state index in [9.17, 15) is 0 Å². The maximum absolute atomic E-state index is 5.95. The van der Waals surface area contributed by atoms with Gasteiger partial charge >= 0.3 is 0 Å². The molecule has 1 N–H and O–H groups in total. The number of benzene rings is 1. The van der Waals surface area contributed by atoms with Crippen LogP contribution < -0.4 is 10.1 Å². The molecule has 0 bridgehead atoms. The molecule has 0 radical (unpaired) electrons. The Morgan fingerprint density at radius 2 is 1.95 bits per heavy atom. The summed E-state index contributed by atoms with van der Waals surface area (Å²) in [5.41, 5.74) is 1.66. The average Bonchev–Trinajstić information content (AvgIpc) is 2.59. The molecule has 1 unspecified atom stereocenters. The van der Waals surface area contributed by atoms with Gasteiger partial charge in [-0.3, -0.25) is 0 Å². The van der Waals surface area contributed by atoms with Gasteiger partial charge in [0.05, 0.1) is 12.3 Å². The lowest BCUT2D eigenvalue weighted by molar-refractivity contribution is 0.272. The van der Waals surface area contributed by atoms with Crippen LogP contribution in [0.15, 0.2) is 24.3 Å². The molecule has 1 aromatic rings. The lowest BCUT2D eigenvalue weighted by atomic mass is 9.85. The zero-order valence-electron chi connectivity index (χ0n) is 14.1. The first-order chi connectivity index (χ1) is 9.96. The molecule has 1 fully saturated rings. The van der Waals surface area contributed by atoms with Crippen LogP contribution in [-0.2, 0) is 0 Å². The van der Waals surface area contributed by atoms with Crippen LogP contribution in [-0.4, -0.2) is 12.6 Å². The van der Waals surface area contributed by atoms with Crippen LogP contribution in [0.25, 0.3) is 0 Å². The Hall–Kier alpha value is -1.18. The summed E-state index contributed by atoms with van der Waals surface area (Å²) >= 11 is 0. The van der Waals surface area contributed by atoms with Gasteiger partial charge in [0.25, 0.3) is 0 Å². The molecule has 0 aromatic heterocycles. The van der Waals surface area contributed by atoms with E-state index >= 15 is 0 Å². The van der Waals surface area contributed by atoms with Crippen LogP contribution >= 0.6 is 0 Å². The zero-order valence-corrected chi connectivity index (χ0v) is 14.1. The van der Waals surface area contributed by atoms with Crippen molar-refractivity contribution in [2.24, 2.45) is 11.3 Å². The van der Waals surface area contributed by atoms with Crippen LogP contribution in [0, 0.1) is 11.3 Å². The predicted octanol–water partition coefficient (Wildman–Crippen LogP) is 5.49. The van der Waals surface area contributed by atoms with Gasteiger partial charge < -0.3 is 10.1 Å². The van der Waals surface area contributed by atoms with Gasteiger partial charge in [-0.05, 0) is 49.1 Å². The van der Waals surface area contributed by atoms with Crippen molar-refractivity contribution in [1.29, 1.82) is 0 Å². The number of anilines is 1. The summed E-state index contributed by atoms with van der Waals surface area (Å²) in [5.74, 6) is 1.55. The van der Waals surface area contributed by atoms with Crippen LogP contribution in [0.4, 0.5) is 5.69 Å². The summed E-state index contributed by atoms with van der Waals surface area (Å²) in [6, 6.07) is 8.94. The molecule has 1 saturated carbocycles. The standard InChI is InChI=1S/C19H31NO/c1-15(2)14-21-18-10-6-5-9-17(18)20-16-8-7-12-19(3,4)13-11-16/h5-6,9-10,15-16,20H,7-8,11-14H2,1-4H3. The lowest BCUT2D eigenvalue weighted by Gasteiger charge is -2.23. The van der Waals surface area contributed by atoms with Crippen molar-refractivity contribution >= 4 is 5.69 Å². The van der Waals surface area contributed by atoms with Gasteiger partial charge in [0.2, 0.25) is 0 Å². The Balaban J connectivity index is 1.98. The fourth-order valence-corrected chi connectivity index (χ4v) is 2.99. The van der Waals surface area contributed by atoms with E-state index in [4.69, 9.17) is 4.74 Å². The maximum Gasteiger partial charge on any atom is 0.142 e. The first-order valence-corrected chi connectivity index (χ1v) is 8.45. The minimum Gasteiger partial charge on any atom is -0.491 e. The molecule has 118 valence electrons. The highest BCUT2D eigenvalue weighted by molar-refractivity contribution is 5.56. The van der Waals surface area contributed by atoms with E-state index in [0.717, 1.165) is 18.0 Å². The highest BCUT2D eigenvalue weighted by atomic mass is 16.5. The summed E-state index contributed by atoms with van der Waals surface area (Å²) in [7, 11) is 0. The van der Waals surface area contributed by atoms with Gasteiger partial charge in [-0.25, -0.2) is 0 Å². The first kappa shape index (κ1) is 16.2. The number of nitrogens with one attached hydrogen (secondary N) is 1. The Bertz CT molecular complexity index is 439. The molecule has 1 atom stereocenters. The number of para-hydroxylation sites is 2. The summed E-state index contributed by atoms with van der Waals surface area (Å²) in [6.45, 7) is 9.94. The second kappa shape index (κ2) is 7.20. The van der Waals surface area contributed by atoms with Gasteiger partial charge in [-0.15, -0.1) is 0 Å². The van der Waals surface area contributed by atoms with E-state index in [1.54, 1.807) is 0 Å². The topological polar surface area (TPSA) is 21.3 Å². The first-order valence-electron chi connectivity index (χ1n) is 8.45. The third-order valence-corrected chi connectivity index (χ3v) is 4.39. The second-order valence-corrected chi connectivity index (χ2v) is 7.64. The predicted molar refractivity (Wildman–Crippen MR) is 91.1 cm³/mol. The van der Waals surface area contributed by atoms with E-state index in [1.165, 1.54) is 32.1 Å². The molecule has 1 aliphatic rings. The van der Waals surface area contributed by atoms with Gasteiger partial charge in [0.1, 0.15) is 5.75 Å². The number of hydrogen-bond acceptors (Lipinski definition) is 2. The maximum atomic E-state index is 5.95. The third kappa shape index (κ3) is 5.26. The van der Waals surface area contributed by atoms with Crippen LogP contribution in [0.5, 0.6) is 5.75 Å². The summed E-state index contributed by atoms with van der Waals surface area (Å²) in [4.78, 5) is 0. The van der Waals surface area contributed by atoms with Gasteiger partial charge in [0.15, 0.2) is 0 Å². The molecule has 21 heavy (non-hydrogen) atoms. The molecule has 2 nitrogen and oxygen atoms in total. The number of rotatable bonds is 5. The third-order valence-electron chi connectivity index (χ3n) is 4.39. The largest absolute Gasteiger partial charge is 0.491 e. The SMILES string of the molecule is CC(C)COc1ccccc1NC1CCCC(C)(C)CC1. The highest BCUT2D eigenvalue weighted by Crippen LogP contribution is 2.35. The average molecular weight is 289 g/mol. The van der Waals surface area contributed by atoms with E-state index in [2.05, 4.69) is 57.3 Å². The van der Waals surface area contributed by atoms with Crippen molar-refractivity contribution < 1.29 is 4.74 Å². The molecule has 1 aliphatic carbocycles. The summed E-state index contributed by atoms with van der Waals surface area (Å²) < 4.78 is 5.95. The van der Waals surface area contributed by atoms with Crippen molar-refractivity contribution in [3.05, 3.63) is 24.3 Å². The molecule has 1 aromatic carbocycles. The van der Waals surface area contributed by atoms with Crippen molar-refractivity contribution in [2.75, 3.05) is 11.9 Å². The van der Waals surface area contributed by atoms with E-state index < -0.39 is 0 Å². The molecule has 0 amide bonds. The molecule has 2 heteroatoms. The van der Waals surface area contributed by atoms with Crippen molar-refractivity contribution in [3.63, 3.8) is 0 Å². The number of hydrogen-bond donors (Lipinski definition) is 1. The molecule has 0 heterocycles. The monoisotopic (exact) mass is 289 g/mol. The molecule has 0 aliphatic heterocycles. The highest BCUT2D eigenvalue weighted by Gasteiger charge is 2.24. The summed E-state index contributed by atoms with van der Waals surface area (Å²) in [5, 5.41) is 3.73. The quantitative estimate of drug-likeness (QED) is 0.723. The van der Waals surface area contributed by atoms with Crippen molar-refractivity contribution in [3.8, 4) is 5.75 Å². The van der Waals surface area contributed by atoms with Gasteiger partial charge in [-0.2, -0.15) is 0 Å². The molecule has 2 rings (SSSR count). The van der Waals surface area contributed by atoms with Gasteiger partial charge in [-0.1, -0.05) is 46.2 Å². The van der Waals surface area contributed by atoms with Crippen molar-refractivity contribution in [1.82, 2.24) is 0 Å². The molecular formula is C19H31NO. The van der Waals surface area contributed by atoms with Crippen molar-refractivity contribution in [2.45, 2.75) is 65.8 Å². The lowest BCUT2D eigenvalue weighted by Crippen LogP contribution is -2.20. The smallest absolute Gasteiger partial charge is 0.142 e.